The van der Waals surface area contributed by atoms with Gasteiger partial charge in [-0.15, -0.1) is 11.3 Å². The van der Waals surface area contributed by atoms with Crippen LogP contribution in [0.1, 0.15) is 29.0 Å². The summed E-state index contributed by atoms with van der Waals surface area (Å²) in [6, 6.07) is 8.06. The zero-order valence-corrected chi connectivity index (χ0v) is 14.8. The van der Waals surface area contributed by atoms with Gasteiger partial charge < -0.3 is 10.1 Å². The van der Waals surface area contributed by atoms with Crippen molar-refractivity contribution in [2.45, 2.75) is 19.9 Å². The molecule has 0 spiro atoms. The SMILES string of the molecule is CCNC(c1ccc(Cl)cc1OC)c1cc(Br)sc1C. The lowest BCUT2D eigenvalue weighted by molar-refractivity contribution is 0.404. The minimum Gasteiger partial charge on any atom is -0.496 e. The third-order valence-electron chi connectivity index (χ3n) is 3.15. The zero-order valence-electron chi connectivity index (χ0n) is 11.7. The van der Waals surface area contributed by atoms with Crippen molar-refractivity contribution in [2.75, 3.05) is 13.7 Å². The number of halogens is 2. The Bertz CT molecular complexity index is 600. The van der Waals surface area contributed by atoms with Gasteiger partial charge in [0.15, 0.2) is 0 Å². The molecule has 108 valence electrons. The maximum Gasteiger partial charge on any atom is 0.125 e. The van der Waals surface area contributed by atoms with Crippen LogP contribution in [0.3, 0.4) is 0 Å². The van der Waals surface area contributed by atoms with E-state index >= 15 is 0 Å². The molecule has 0 saturated carbocycles. The normalized spacial score (nSPS) is 12.4. The maximum atomic E-state index is 6.05. The Balaban J connectivity index is 2.51. The molecule has 1 unspecified atom stereocenters. The summed E-state index contributed by atoms with van der Waals surface area (Å²) >= 11 is 11.4. The molecule has 2 rings (SSSR count). The van der Waals surface area contributed by atoms with Gasteiger partial charge in [-0.1, -0.05) is 24.6 Å². The van der Waals surface area contributed by atoms with Gasteiger partial charge in [-0.25, -0.2) is 0 Å². The van der Waals surface area contributed by atoms with Crippen LogP contribution in [0.25, 0.3) is 0 Å². The second-order valence-corrected chi connectivity index (χ2v) is 7.51. The fourth-order valence-electron chi connectivity index (χ4n) is 2.26. The fraction of sp³-hybridized carbons (Fsp3) is 0.333. The summed E-state index contributed by atoms with van der Waals surface area (Å²) in [4.78, 5) is 1.29. The number of thiophene rings is 1. The van der Waals surface area contributed by atoms with E-state index in [0.29, 0.717) is 5.02 Å². The molecular formula is C15H17BrClNOS. The Morgan fingerprint density at radius 1 is 1.35 bits per heavy atom. The van der Waals surface area contributed by atoms with E-state index in [1.54, 1.807) is 18.4 Å². The molecule has 1 heterocycles. The van der Waals surface area contributed by atoms with Crippen LogP contribution in [0.4, 0.5) is 0 Å². The van der Waals surface area contributed by atoms with E-state index in [-0.39, 0.29) is 6.04 Å². The number of benzene rings is 1. The first-order chi connectivity index (χ1) is 9.56. The van der Waals surface area contributed by atoms with Crippen molar-refractivity contribution in [1.82, 2.24) is 5.32 Å². The highest BCUT2D eigenvalue weighted by Crippen LogP contribution is 2.37. The number of hydrogen-bond acceptors (Lipinski definition) is 3. The highest BCUT2D eigenvalue weighted by Gasteiger charge is 2.21. The molecule has 1 aromatic heterocycles. The number of methoxy groups -OCH3 is 1. The molecule has 2 aromatic rings. The Hall–Kier alpha value is -0.550. The van der Waals surface area contributed by atoms with Crippen LogP contribution in [-0.4, -0.2) is 13.7 Å². The van der Waals surface area contributed by atoms with E-state index in [2.05, 4.69) is 41.2 Å². The molecule has 1 aromatic carbocycles. The highest BCUT2D eigenvalue weighted by atomic mass is 79.9. The van der Waals surface area contributed by atoms with Crippen molar-refractivity contribution in [1.29, 1.82) is 0 Å². The van der Waals surface area contributed by atoms with Crippen LogP contribution in [0.2, 0.25) is 5.02 Å². The summed E-state index contributed by atoms with van der Waals surface area (Å²) in [6.45, 7) is 5.12. The number of ether oxygens (including phenoxy) is 1. The second-order valence-electron chi connectivity index (χ2n) is 4.44. The molecule has 20 heavy (non-hydrogen) atoms. The smallest absolute Gasteiger partial charge is 0.125 e. The van der Waals surface area contributed by atoms with Gasteiger partial charge in [0, 0.05) is 15.5 Å². The van der Waals surface area contributed by atoms with E-state index < -0.39 is 0 Å². The molecule has 2 nitrogen and oxygen atoms in total. The zero-order chi connectivity index (χ0) is 14.7. The van der Waals surface area contributed by atoms with Gasteiger partial charge in [-0.2, -0.15) is 0 Å². The molecule has 0 radical (unpaired) electrons. The molecule has 0 amide bonds. The topological polar surface area (TPSA) is 21.3 Å². The lowest BCUT2D eigenvalue weighted by Crippen LogP contribution is -2.22. The van der Waals surface area contributed by atoms with E-state index in [1.165, 1.54) is 10.4 Å². The lowest BCUT2D eigenvalue weighted by Gasteiger charge is -2.21. The Morgan fingerprint density at radius 2 is 2.10 bits per heavy atom. The summed E-state index contributed by atoms with van der Waals surface area (Å²) in [7, 11) is 1.68. The van der Waals surface area contributed by atoms with Crippen LogP contribution < -0.4 is 10.1 Å². The van der Waals surface area contributed by atoms with Crippen LogP contribution in [0.15, 0.2) is 28.1 Å². The largest absolute Gasteiger partial charge is 0.496 e. The Kier molecular flexibility index (Phi) is 5.49. The molecule has 0 aliphatic rings. The second kappa shape index (κ2) is 6.94. The summed E-state index contributed by atoms with van der Waals surface area (Å²) in [5.74, 6) is 0.810. The van der Waals surface area contributed by atoms with Gasteiger partial charge in [0.05, 0.1) is 16.9 Å². The predicted octanol–water partition coefficient (Wildman–Crippen LogP) is 5.18. The van der Waals surface area contributed by atoms with Gasteiger partial charge in [0.1, 0.15) is 5.75 Å². The van der Waals surface area contributed by atoms with Gasteiger partial charge >= 0.3 is 0 Å². The van der Waals surface area contributed by atoms with Crippen LogP contribution in [-0.2, 0) is 0 Å². The Labute approximate surface area is 137 Å². The third-order valence-corrected chi connectivity index (χ3v) is 4.96. The third kappa shape index (κ3) is 3.37. The Morgan fingerprint density at radius 3 is 2.65 bits per heavy atom. The van der Waals surface area contributed by atoms with E-state index in [0.717, 1.165) is 21.6 Å². The molecule has 1 N–H and O–H groups in total. The molecular weight excluding hydrogens is 358 g/mol. The van der Waals surface area contributed by atoms with E-state index in [4.69, 9.17) is 16.3 Å². The van der Waals surface area contributed by atoms with Gasteiger partial charge in [-0.05, 0) is 53.2 Å². The van der Waals surface area contributed by atoms with Crippen molar-refractivity contribution < 1.29 is 4.74 Å². The number of rotatable bonds is 5. The van der Waals surface area contributed by atoms with Crippen molar-refractivity contribution in [3.8, 4) is 5.75 Å². The minimum atomic E-state index is 0.106. The molecule has 5 heteroatoms. The highest BCUT2D eigenvalue weighted by molar-refractivity contribution is 9.11. The molecule has 0 saturated heterocycles. The monoisotopic (exact) mass is 373 g/mol. The average Bonchev–Trinajstić information content (AvgIpc) is 2.75. The first kappa shape index (κ1) is 15.8. The van der Waals surface area contributed by atoms with Crippen LogP contribution in [0.5, 0.6) is 5.75 Å². The standard InChI is InChI=1S/C15H17BrClNOS/c1-4-18-15(12-8-14(16)20-9(12)2)11-6-5-10(17)7-13(11)19-3/h5-8,15,18H,4H2,1-3H3. The van der Waals surface area contributed by atoms with E-state index in [9.17, 15) is 0 Å². The summed E-state index contributed by atoms with van der Waals surface area (Å²) in [6.07, 6.45) is 0. The van der Waals surface area contributed by atoms with Crippen LogP contribution >= 0.6 is 38.9 Å². The quantitative estimate of drug-likeness (QED) is 0.778. The number of nitrogens with one attached hydrogen (secondary N) is 1. The van der Waals surface area contributed by atoms with Gasteiger partial charge in [0.2, 0.25) is 0 Å². The molecule has 0 aliphatic carbocycles. The molecule has 0 bridgehead atoms. The summed E-state index contributed by atoms with van der Waals surface area (Å²) < 4.78 is 6.63. The van der Waals surface area contributed by atoms with Crippen molar-refractivity contribution >= 4 is 38.9 Å². The maximum absolute atomic E-state index is 6.05. The van der Waals surface area contributed by atoms with Crippen LogP contribution in [0, 0.1) is 6.92 Å². The number of hydrogen-bond donors (Lipinski definition) is 1. The van der Waals surface area contributed by atoms with E-state index in [1.807, 2.05) is 18.2 Å². The first-order valence-electron chi connectivity index (χ1n) is 6.39. The molecule has 1 atom stereocenters. The van der Waals surface area contributed by atoms with Crippen molar-refractivity contribution in [2.24, 2.45) is 0 Å². The first-order valence-corrected chi connectivity index (χ1v) is 8.38. The lowest BCUT2D eigenvalue weighted by atomic mass is 9.98. The van der Waals surface area contributed by atoms with Gasteiger partial charge in [-0.3, -0.25) is 0 Å². The van der Waals surface area contributed by atoms with Crippen molar-refractivity contribution in [3.63, 3.8) is 0 Å². The molecule has 0 fully saturated rings. The molecule has 0 aliphatic heterocycles. The summed E-state index contributed by atoms with van der Waals surface area (Å²) in [5.41, 5.74) is 2.37. The van der Waals surface area contributed by atoms with Gasteiger partial charge in [0.25, 0.3) is 0 Å². The summed E-state index contributed by atoms with van der Waals surface area (Å²) in [5, 5.41) is 4.21. The fourth-order valence-corrected chi connectivity index (χ4v) is 4.17. The predicted molar refractivity (Wildman–Crippen MR) is 90.3 cm³/mol. The minimum absolute atomic E-state index is 0.106. The van der Waals surface area contributed by atoms with Crippen molar-refractivity contribution in [3.05, 3.63) is 49.1 Å². The number of aryl methyl sites for hydroxylation is 1. The average molecular weight is 375 g/mol.